The molecule has 0 aliphatic rings. The minimum Gasteiger partial charge on any atom is -0.330 e. The van der Waals surface area contributed by atoms with Gasteiger partial charge in [-0.25, -0.2) is 4.85 Å². The summed E-state index contributed by atoms with van der Waals surface area (Å²) in [7, 11) is 0. The smallest absolute Gasteiger partial charge is 0.224 e. The summed E-state index contributed by atoms with van der Waals surface area (Å²) < 4.78 is 0. The van der Waals surface area contributed by atoms with Crippen LogP contribution in [-0.4, -0.2) is 6.54 Å². The second-order valence-corrected chi connectivity index (χ2v) is 10.7. The highest BCUT2D eigenvalue weighted by Crippen LogP contribution is 2.52. The standard InChI is InChI=1S/C22H17N3S4/c1-12-7-9-26-19(12)21-15(11-24)18(25-3)22(29-21)20-13(2)10-17(28-20)16-5-4-14(27-16)6-8-23/h4-5,7,9-10H,6,8,23H2,1-2H3. The van der Waals surface area contributed by atoms with Crippen LogP contribution in [0.15, 0.2) is 29.6 Å². The first-order valence-electron chi connectivity index (χ1n) is 8.96. The van der Waals surface area contributed by atoms with Gasteiger partial charge in [-0.2, -0.15) is 5.26 Å². The molecule has 0 aromatic carbocycles. The van der Waals surface area contributed by atoms with Gasteiger partial charge in [0.15, 0.2) is 0 Å². The van der Waals surface area contributed by atoms with Crippen molar-refractivity contribution in [3.8, 4) is 35.3 Å². The third-order valence-corrected chi connectivity index (χ3v) is 9.70. The third kappa shape index (κ3) is 3.57. The molecule has 3 nitrogen and oxygen atoms in total. The fourth-order valence-electron chi connectivity index (χ4n) is 3.17. The van der Waals surface area contributed by atoms with E-state index in [4.69, 9.17) is 12.3 Å². The summed E-state index contributed by atoms with van der Waals surface area (Å²) in [6.07, 6.45) is 0.893. The number of nitrogens with two attached hydrogens (primary N) is 1. The van der Waals surface area contributed by atoms with Gasteiger partial charge in [-0.15, -0.1) is 45.3 Å². The van der Waals surface area contributed by atoms with Crippen LogP contribution in [0.3, 0.4) is 0 Å². The van der Waals surface area contributed by atoms with Gasteiger partial charge in [0.05, 0.1) is 28.0 Å². The van der Waals surface area contributed by atoms with Crippen LogP contribution in [0.25, 0.3) is 34.1 Å². The number of nitrogens with zero attached hydrogens (tertiary/aromatic N) is 2. The normalized spacial score (nSPS) is 10.8. The Bertz CT molecular complexity index is 1270. The highest BCUT2D eigenvalue weighted by Gasteiger charge is 2.24. The molecule has 7 heteroatoms. The molecule has 0 unspecified atom stereocenters. The first-order valence-corrected chi connectivity index (χ1v) is 12.3. The SMILES string of the molecule is [C-]#[N+]c1c(-c2sc(-c3ccc(CCN)s3)cc2C)sc(-c2sccc2C)c1C#N. The van der Waals surface area contributed by atoms with Gasteiger partial charge in [0.2, 0.25) is 5.69 Å². The molecule has 0 amide bonds. The van der Waals surface area contributed by atoms with Crippen LogP contribution in [-0.2, 0) is 6.42 Å². The van der Waals surface area contributed by atoms with E-state index < -0.39 is 0 Å². The third-order valence-electron chi connectivity index (χ3n) is 4.59. The largest absolute Gasteiger partial charge is 0.330 e. The van der Waals surface area contributed by atoms with Crippen molar-refractivity contribution in [2.75, 3.05) is 6.54 Å². The van der Waals surface area contributed by atoms with Crippen molar-refractivity contribution in [3.63, 3.8) is 0 Å². The van der Waals surface area contributed by atoms with Crippen LogP contribution in [0, 0.1) is 31.8 Å². The van der Waals surface area contributed by atoms with E-state index in [2.05, 4.69) is 42.1 Å². The average molecular weight is 452 g/mol. The molecule has 0 saturated heterocycles. The molecule has 29 heavy (non-hydrogen) atoms. The maximum Gasteiger partial charge on any atom is 0.224 e. The topological polar surface area (TPSA) is 54.2 Å². The number of rotatable bonds is 5. The van der Waals surface area contributed by atoms with Gasteiger partial charge in [0.1, 0.15) is 0 Å². The van der Waals surface area contributed by atoms with Crippen molar-refractivity contribution >= 4 is 51.0 Å². The Labute approximate surface area is 186 Å². The molecule has 0 spiro atoms. The first-order chi connectivity index (χ1) is 14.1. The minimum atomic E-state index is 0.479. The molecule has 0 radical (unpaired) electrons. The van der Waals surface area contributed by atoms with Gasteiger partial charge < -0.3 is 5.73 Å². The zero-order valence-electron chi connectivity index (χ0n) is 15.9. The number of aryl methyl sites for hydroxylation is 2. The lowest BCUT2D eigenvalue weighted by molar-refractivity contribution is 0.989. The summed E-state index contributed by atoms with van der Waals surface area (Å²) in [6, 6.07) is 10.8. The second-order valence-electron chi connectivity index (χ2n) is 6.57. The van der Waals surface area contributed by atoms with E-state index in [0.29, 0.717) is 17.8 Å². The van der Waals surface area contributed by atoms with E-state index in [1.807, 2.05) is 12.3 Å². The van der Waals surface area contributed by atoms with Crippen LogP contribution in [0.5, 0.6) is 0 Å². The summed E-state index contributed by atoms with van der Waals surface area (Å²) in [5.41, 5.74) is 8.95. The Morgan fingerprint density at radius 1 is 1.00 bits per heavy atom. The summed E-state index contributed by atoms with van der Waals surface area (Å²) in [4.78, 5) is 11.5. The van der Waals surface area contributed by atoms with Crippen LogP contribution in [0.2, 0.25) is 0 Å². The lowest BCUT2D eigenvalue weighted by Gasteiger charge is -1.96. The van der Waals surface area contributed by atoms with E-state index in [1.165, 1.54) is 14.6 Å². The Hall–Kier alpha value is -2.26. The maximum absolute atomic E-state index is 9.80. The highest BCUT2D eigenvalue weighted by atomic mass is 32.1. The molecule has 4 heterocycles. The molecule has 4 aromatic rings. The fourth-order valence-corrected chi connectivity index (χ4v) is 7.98. The predicted molar refractivity (Wildman–Crippen MR) is 127 cm³/mol. The summed E-state index contributed by atoms with van der Waals surface area (Å²) in [5, 5.41) is 11.8. The van der Waals surface area contributed by atoms with Crippen molar-refractivity contribution in [2.24, 2.45) is 5.73 Å². The van der Waals surface area contributed by atoms with E-state index in [1.54, 1.807) is 45.3 Å². The van der Waals surface area contributed by atoms with Crippen molar-refractivity contribution < 1.29 is 0 Å². The van der Waals surface area contributed by atoms with Gasteiger partial charge in [-0.1, -0.05) is 0 Å². The van der Waals surface area contributed by atoms with Crippen LogP contribution < -0.4 is 5.73 Å². The molecule has 2 N–H and O–H groups in total. The van der Waals surface area contributed by atoms with E-state index in [0.717, 1.165) is 37.1 Å². The highest BCUT2D eigenvalue weighted by molar-refractivity contribution is 7.29. The van der Waals surface area contributed by atoms with Crippen LogP contribution in [0.4, 0.5) is 5.69 Å². The fraction of sp³-hybridized carbons (Fsp3) is 0.182. The number of nitriles is 1. The summed E-state index contributed by atoms with van der Waals surface area (Å²) in [5.74, 6) is 0. The van der Waals surface area contributed by atoms with E-state index in [9.17, 15) is 5.26 Å². The monoisotopic (exact) mass is 451 g/mol. The van der Waals surface area contributed by atoms with E-state index >= 15 is 0 Å². The predicted octanol–water partition coefficient (Wildman–Crippen LogP) is 7.47. The minimum absolute atomic E-state index is 0.479. The van der Waals surface area contributed by atoms with Crippen molar-refractivity contribution in [1.82, 2.24) is 0 Å². The summed E-state index contributed by atoms with van der Waals surface area (Å²) >= 11 is 6.67. The Morgan fingerprint density at radius 3 is 2.48 bits per heavy atom. The van der Waals surface area contributed by atoms with Gasteiger partial charge in [0, 0.05) is 24.4 Å². The molecule has 0 saturated carbocycles. The number of hydrogen-bond donors (Lipinski definition) is 1. The first kappa shape index (κ1) is 20.0. The molecular formula is C22H17N3S4. The molecular weight excluding hydrogens is 435 g/mol. The van der Waals surface area contributed by atoms with Gasteiger partial charge >= 0.3 is 0 Å². The Balaban J connectivity index is 1.84. The van der Waals surface area contributed by atoms with Gasteiger partial charge in [0.25, 0.3) is 0 Å². The molecule has 0 atom stereocenters. The molecule has 4 rings (SSSR count). The molecule has 0 bridgehead atoms. The zero-order valence-corrected chi connectivity index (χ0v) is 19.2. The van der Waals surface area contributed by atoms with Crippen molar-refractivity contribution in [3.05, 3.63) is 62.6 Å². The summed E-state index contributed by atoms with van der Waals surface area (Å²) in [6.45, 7) is 12.5. The number of thiophene rings is 4. The molecule has 144 valence electrons. The van der Waals surface area contributed by atoms with Gasteiger partial charge in [-0.3, -0.25) is 0 Å². The Kier molecular flexibility index (Phi) is 5.69. The molecule has 4 aromatic heterocycles. The average Bonchev–Trinajstić information content (AvgIpc) is 3.47. The van der Waals surface area contributed by atoms with Crippen LogP contribution >= 0.6 is 45.3 Å². The maximum atomic E-state index is 9.80. The molecule has 0 aliphatic heterocycles. The lowest BCUT2D eigenvalue weighted by Crippen LogP contribution is -2.00. The van der Waals surface area contributed by atoms with Crippen molar-refractivity contribution in [2.45, 2.75) is 20.3 Å². The zero-order chi connectivity index (χ0) is 20.5. The molecule has 0 aliphatic carbocycles. The van der Waals surface area contributed by atoms with E-state index in [-0.39, 0.29) is 0 Å². The van der Waals surface area contributed by atoms with Crippen LogP contribution in [0.1, 0.15) is 21.6 Å². The lowest BCUT2D eigenvalue weighted by atomic mass is 10.1. The van der Waals surface area contributed by atoms with Crippen molar-refractivity contribution in [1.29, 1.82) is 5.26 Å². The van der Waals surface area contributed by atoms with Gasteiger partial charge in [-0.05, 0) is 67.6 Å². The number of hydrogen-bond acceptors (Lipinski definition) is 6. The molecule has 0 fully saturated rings. The second kappa shape index (κ2) is 8.23. The Morgan fingerprint density at radius 2 is 1.83 bits per heavy atom. The quantitative estimate of drug-likeness (QED) is 0.320.